The van der Waals surface area contributed by atoms with Crippen LogP contribution >= 0.6 is 0 Å². The first-order valence-electron chi connectivity index (χ1n) is 5.36. The fourth-order valence-corrected chi connectivity index (χ4v) is 1.34. The van der Waals surface area contributed by atoms with Crippen molar-refractivity contribution in [3.8, 4) is 0 Å². The smallest absolute Gasteiger partial charge is 0.126 e. The van der Waals surface area contributed by atoms with Gasteiger partial charge in [0.05, 0.1) is 6.61 Å². The first-order valence-corrected chi connectivity index (χ1v) is 5.36. The Labute approximate surface area is 90.4 Å². The number of nitrogens with one attached hydrogen (secondary N) is 1. The van der Waals surface area contributed by atoms with Crippen LogP contribution in [0.4, 0.5) is 4.39 Å². The van der Waals surface area contributed by atoms with E-state index in [-0.39, 0.29) is 5.82 Å². The van der Waals surface area contributed by atoms with Gasteiger partial charge < -0.3 is 10.1 Å². The van der Waals surface area contributed by atoms with Gasteiger partial charge in [0.1, 0.15) is 5.82 Å². The summed E-state index contributed by atoms with van der Waals surface area (Å²) in [4.78, 5) is 0. The molecule has 1 rings (SSSR count). The second kappa shape index (κ2) is 7.37. The molecule has 0 aromatic heterocycles. The lowest BCUT2D eigenvalue weighted by Crippen LogP contribution is -2.22. The van der Waals surface area contributed by atoms with Crippen LogP contribution < -0.4 is 5.32 Å². The molecule has 0 saturated carbocycles. The Morgan fingerprint density at radius 3 is 2.80 bits per heavy atom. The van der Waals surface area contributed by atoms with Crippen LogP contribution in [-0.4, -0.2) is 26.3 Å². The lowest BCUT2D eigenvalue weighted by atomic mass is 10.1. The second-order valence-corrected chi connectivity index (χ2v) is 3.29. The summed E-state index contributed by atoms with van der Waals surface area (Å²) in [6, 6.07) is 6.88. The molecule has 0 aliphatic heterocycles. The van der Waals surface area contributed by atoms with E-state index in [0.29, 0.717) is 6.61 Å². The molecule has 3 heteroatoms. The highest BCUT2D eigenvalue weighted by atomic mass is 19.1. The van der Waals surface area contributed by atoms with Gasteiger partial charge in [-0.2, -0.15) is 0 Å². The van der Waals surface area contributed by atoms with E-state index in [1.54, 1.807) is 6.07 Å². The second-order valence-electron chi connectivity index (χ2n) is 3.29. The summed E-state index contributed by atoms with van der Waals surface area (Å²) in [6.45, 7) is 5.04. The molecule has 15 heavy (non-hydrogen) atoms. The first kappa shape index (κ1) is 12.1. The molecule has 0 fully saturated rings. The van der Waals surface area contributed by atoms with Crippen molar-refractivity contribution in [2.75, 3.05) is 26.3 Å². The molecule has 0 unspecified atom stereocenters. The molecule has 1 aromatic carbocycles. The normalized spacial score (nSPS) is 10.5. The van der Waals surface area contributed by atoms with Crippen molar-refractivity contribution < 1.29 is 9.13 Å². The van der Waals surface area contributed by atoms with Gasteiger partial charge in [-0.15, -0.1) is 0 Å². The maximum Gasteiger partial charge on any atom is 0.126 e. The minimum absolute atomic E-state index is 0.121. The van der Waals surface area contributed by atoms with Gasteiger partial charge in [0.2, 0.25) is 0 Å². The zero-order valence-electron chi connectivity index (χ0n) is 9.13. The summed E-state index contributed by atoms with van der Waals surface area (Å²) >= 11 is 0. The molecule has 0 spiro atoms. The molecule has 0 aliphatic rings. The van der Waals surface area contributed by atoms with Crippen molar-refractivity contribution in [2.24, 2.45) is 0 Å². The average molecular weight is 211 g/mol. The first-order chi connectivity index (χ1) is 7.34. The maximum atomic E-state index is 13.2. The summed E-state index contributed by atoms with van der Waals surface area (Å²) in [7, 11) is 0. The van der Waals surface area contributed by atoms with Crippen molar-refractivity contribution in [3.63, 3.8) is 0 Å². The quantitative estimate of drug-likeness (QED) is 0.696. The topological polar surface area (TPSA) is 21.3 Å². The van der Waals surface area contributed by atoms with Crippen LogP contribution in [0.25, 0.3) is 0 Å². The minimum Gasteiger partial charge on any atom is -0.380 e. The lowest BCUT2D eigenvalue weighted by Gasteiger charge is -2.05. The largest absolute Gasteiger partial charge is 0.380 e. The van der Waals surface area contributed by atoms with Gasteiger partial charge in [-0.1, -0.05) is 18.2 Å². The highest BCUT2D eigenvalue weighted by molar-refractivity contribution is 5.17. The van der Waals surface area contributed by atoms with E-state index >= 15 is 0 Å². The molecule has 1 N–H and O–H groups in total. The van der Waals surface area contributed by atoms with Gasteiger partial charge in [-0.3, -0.25) is 0 Å². The van der Waals surface area contributed by atoms with E-state index in [1.165, 1.54) is 6.07 Å². The number of ether oxygens (including phenoxy) is 1. The van der Waals surface area contributed by atoms with Crippen molar-refractivity contribution in [2.45, 2.75) is 13.3 Å². The van der Waals surface area contributed by atoms with Gasteiger partial charge in [-0.25, -0.2) is 4.39 Å². The Kier molecular flexibility index (Phi) is 5.97. The van der Waals surface area contributed by atoms with Crippen LogP contribution in [0.1, 0.15) is 12.5 Å². The molecule has 84 valence electrons. The number of rotatable bonds is 7. The SMILES string of the molecule is CCOCCNCCc1ccccc1F. The Balaban J connectivity index is 2.12. The van der Waals surface area contributed by atoms with E-state index in [0.717, 1.165) is 31.7 Å². The zero-order valence-corrected chi connectivity index (χ0v) is 9.13. The third kappa shape index (κ3) is 4.91. The molecule has 0 aliphatic carbocycles. The van der Waals surface area contributed by atoms with Crippen molar-refractivity contribution in [1.29, 1.82) is 0 Å². The van der Waals surface area contributed by atoms with Gasteiger partial charge in [0.15, 0.2) is 0 Å². The van der Waals surface area contributed by atoms with Crippen LogP contribution in [0.2, 0.25) is 0 Å². The van der Waals surface area contributed by atoms with E-state index in [4.69, 9.17) is 4.74 Å². The standard InChI is InChI=1S/C12H18FNO/c1-2-15-10-9-14-8-7-11-5-3-4-6-12(11)13/h3-6,14H,2,7-10H2,1H3. The molecule has 0 heterocycles. The zero-order chi connectivity index (χ0) is 10.9. The lowest BCUT2D eigenvalue weighted by molar-refractivity contribution is 0.149. The summed E-state index contributed by atoms with van der Waals surface area (Å²) in [6.07, 6.45) is 0.721. The maximum absolute atomic E-state index is 13.2. The number of halogens is 1. The van der Waals surface area contributed by atoms with Crippen LogP contribution in [0.5, 0.6) is 0 Å². The molecule has 0 radical (unpaired) electrons. The van der Waals surface area contributed by atoms with Gasteiger partial charge in [0.25, 0.3) is 0 Å². The van der Waals surface area contributed by atoms with Gasteiger partial charge in [0, 0.05) is 13.2 Å². The molecule has 0 atom stereocenters. The predicted octanol–water partition coefficient (Wildman–Crippen LogP) is 1.99. The summed E-state index contributed by atoms with van der Waals surface area (Å²) in [5.74, 6) is -0.121. The average Bonchev–Trinajstić information content (AvgIpc) is 2.25. The fraction of sp³-hybridized carbons (Fsp3) is 0.500. The number of hydrogen-bond acceptors (Lipinski definition) is 2. The molecule has 1 aromatic rings. The Bertz CT molecular complexity index is 278. The van der Waals surface area contributed by atoms with Crippen molar-refractivity contribution in [1.82, 2.24) is 5.32 Å². The summed E-state index contributed by atoms with van der Waals surface area (Å²) in [5, 5.41) is 3.20. The van der Waals surface area contributed by atoms with Crippen LogP contribution in [0.15, 0.2) is 24.3 Å². The van der Waals surface area contributed by atoms with Gasteiger partial charge in [-0.05, 0) is 31.5 Å². The Morgan fingerprint density at radius 2 is 2.07 bits per heavy atom. The van der Waals surface area contributed by atoms with E-state index in [2.05, 4.69) is 5.32 Å². The van der Waals surface area contributed by atoms with E-state index in [9.17, 15) is 4.39 Å². The highest BCUT2D eigenvalue weighted by Gasteiger charge is 1.98. The molecular weight excluding hydrogens is 193 g/mol. The van der Waals surface area contributed by atoms with Crippen molar-refractivity contribution in [3.05, 3.63) is 35.6 Å². The van der Waals surface area contributed by atoms with E-state index < -0.39 is 0 Å². The third-order valence-electron chi connectivity index (χ3n) is 2.16. The Morgan fingerprint density at radius 1 is 1.27 bits per heavy atom. The molecule has 0 amide bonds. The Hall–Kier alpha value is -0.930. The summed E-state index contributed by atoms with van der Waals surface area (Å²) < 4.78 is 18.3. The molecule has 2 nitrogen and oxygen atoms in total. The van der Waals surface area contributed by atoms with Crippen LogP contribution in [0.3, 0.4) is 0 Å². The predicted molar refractivity (Wildman–Crippen MR) is 59.5 cm³/mol. The van der Waals surface area contributed by atoms with Crippen LogP contribution in [-0.2, 0) is 11.2 Å². The monoisotopic (exact) mass is 211 g/mol. The van der Waals surface area contributed by atoms with E-state index in [1.807, 2.05) is 19.1 Å². The summed E-state index contributed by atoms with van der Waals surface area (Å²) in [5.41, 5.74) is 0.765. The van der Waals surface area contributed by atoms with Crippen LogP contribution in [0, 0.1) is 5.82 Å². The van der Waals surface area contributed by atoms with Crippen molar-refractivity contribution >= 4 is 0 Å². The third-order valence-corrected chi connectivity index (χ3v) is 2.16. The molecule has 0 bridgehead atoms. The number of hydrogen-bond donors (Lipinski definition) is 1. The minimum atomic E-state index is -0.121. The highest BCUT2D eigenvalue weighted by Crippen LogP contribution is 2.05. The molecular formula is C12H18FNO. The fourth-order valence-electron chi connectivity index (χ4n) is 1.34. The number of benzene rings is 1. The molecule has 0 saturated heterocycles. The van der Waals surface area contributed by atoms with Gasteiger partial charge >= 0.3 is 0 Å².